The third-order valence-corrected chi connectivity index (χ3v) is 12.5. The molecule has 2 saturated heterocycles. The van der Waals surface area contributed by atoms with Gasteiger partial charge in [0.15, 0.2) is 11.6 Å². The molecule has 11 heteroatoms. The number of Topliss-reactive ketones (excluding diaryl/α,β-unsaturated/α-hetero) is 1. The van der Waals surface area contributed by atoms with Crippen molar-refractivity contribution in [2.75, 3.05) is 20.8 Å². The van der Waals surface area contributed by atoms with Crippen molar-refractivity contribution in [3.05, 3.63) is 203 Å². The van der Waals surface area contributed by atoms with Crippen molar-refractivity contribution in [1.82, 2.24) is 9.80 Å². The minimum absolute atomic E-state index is 0.0152. The molecule has 0 spiro atoms. The van der Waals surface area contributed by atoms with Gasteiger partial charge in [0, 0.05) is 19.5 Å². The van der Waals surface area contributed by atoms with Crippen molar-refractivity contribution in [2.24, 2.45) is 11.8 Å². The number of aryl methyl sites for hydroxylation is 2. The van der Waals surface area contributed by atoms with E-state index in [-0.39, 0.29) is 37.0 Å². The van der Waals surface area contributed by atoms with Gasteiger partial charge in [0.25, 0.3) is 0 Å². The molecule has 2 aliphatic rings. The lowest BCUT2D eigenvalue weighted by molar-refractivity contribution is -0.212. The van der Waals surface area contributed by atoms with E-state index in [1.807, 2.05) is 133 Å². The van der Waals surface area contributed by atoms with Crippen LogP contribution in [0.5, 0.6) is 11.5 Å². The summed E-state index contributed by atoms with van der Waals surface area (Å²) >= 11 is 0. The molecule has 67 heavy (non-hydrogen) atoms. The molecule has 344 valence electrons. The molecule has 11 nitrogen and oxygen atoms in total. The number of amides is 2. The van der Waals surface area contributed by atoms with Crippen LogP contribution in [0.25, 0.3) is 0 Å². The molecule has 0 aromatic heterocycles. The standard InChI is InChI=1S/C28H29NO5.C28H27NO4/c1-34-24-15-12-23(13-16-24)19-29(20-27(31)32)28(33)25(18-22-10-6-3-7-11-22)26(30)17-14-21-8-4-2-5-9-21;1-32-23-14-12-22(13-15-23)19-29-25-27(31)33-28(25,17-16-20-8-4-2-5-9-20)24(26(29)30)18-21-10-6-3-7-11-21/h2-13,15-16,25H,14,17-20H2,1H3,(H,31,32);2-15,24-25H,16-19H2,1H3/t;24-,25?,28-/m.0/s1. The number of carbonyl (C=O) groups is 5. The topological polar surface area (TPSA) is 140 Å². The van der Waals surface area contributed by atoms with Crippen LogP contribution in [0.4, 0.5) is 0 Å². The average molecular weight is 901 g/mol. The predicted octanol–water partition coefficient (Wildman–Crippen LogP) is 8.36. The Kier molecular flexibility index (Phi) is 16.0. The van der Waals surface area contributed by atoms with Gasteiger partial charge in [-0.15, -0.1) is 0 Å². The molecule has 6 aromatic carbocycles. The molecule has 2 heterocycles. The minimum atomic E-state index is -1.13. The lowest BCUT2D eigenvalue weighted by Gasteiger charge is -2.47. The molecule has 4 atom stereocenters. The number of nitrogens with zero attached hydrogens (tertiary/aromatic N) is 2. The summed E-state index contributed by atoms with van der Waals surface area (Å²) in [4.78, 5) is 67.9. The van der Waals surface area contributed by atoms with Crippen molar-refractivity contribution in [3.63, 3.8) is 0 Å². The Morgan fingerprint density at radius 3 is 1.64 bits per heavy atom. The highest BCUT2D eigenvalue weighted by Gasteiger charge is 2.71. The first kappa shape index (κ1) is 47.4. The van der Waals surface area contributed by atoms with Crippen LogP contribution >= 0.6 is 0 Å². The van der Waals surface area contributed by atoms with Crippen LogP contribution in [0, 0.1) is 11.8 Å². The molecule has 6 aromatic rings. The molecule has 0 saturated carbocycles. The zero-order chi connectivity index (χ0) is 47.2. The summed E-state index contributed by atoms with van der Waals surface area (Å²) in [6.45, 7) is -0.0184. The van der Waals surface area contributed by atoms with Gasteiger partial charge in [-0.05, 0) is 89.8 Å². The number of hydrogen-bond acceptors (Lipinski definition) is 8. The van der Waals surface area contributed by atoms with Crippen LogP contribution in [0.2, 0.25) is 0 Å². The fraction of sp³-hybridized carbons (Fsp3) is 0.268. The normalized spacial score (nSPS) is 17.4. The number of rotatable bonds is 20. The van der Waals surface area contributed by atoms with Crippen molar-refractivity contribution in [1.29, 1.82) is 0 Å². The third-order valence-electron chi connectivity index (χ3n) is 12.5. The van der Waals surface area contributed by atoms with E-state index < -0.39 is 41.9 Å². The molecule has 2 fully saturated rings. The highest BCUT2D eigenvalue weighted by Crippen LogP contribution is 2.50. The third kappa shape index (κ3) is 12.0. The molecular weight excluding hydrogens is 845 g/mol. The zero-order valence-electron chi connectivity index (χ0n) is 37.9. The van der Waals surface area contributed by atoms with Crippen molar-refractivity contribution < 1.29 is 43.3 Å². The Hall–Kier alpha value is -7.53. The van der Waals surface area contributed by atoms with E-state index in [1.54, 1.807) is 43.4 Å². The van der Waals surface area contributed by atoms with Crippen LogP contribution < -0.4 is 9.47 Å². The van der Waals surface area contributed by atoms with Crippen molar-refractivity contribution in [3.8, 4) is 11.5 Å². The number of carbonyl (C=O) groups excluding carboxylic acids is 4. The van der Waals surface area contributed by atoms with E-state index in [9.17, 15) is 29.1 Å². The molecule has 2 aliphatic heterocycles. The summed E-state index contributed by atoms with van der Waals surface area (Å²) < 4.78 is 16.3. The SMILES string of the molecule is COc1ccc(CN(CC(=O)O)C(=O)C(Cc2ccccc2)C(=O)CCc2ccccc2)cc1.COc1ccc(CN2C(=O)[C@H](Cc3ccccc3)[C@]3(CCc4ccccc4)OC(=O)C23)cc1. The monoisotopic (exact) mass is 900 g/mol. The number of carboxylic acid groups (broad SMARTS) is 1. The summed E-state index contributed by atoms with van der Waals surface area (Å²) in [6, 6.07) is 53.2. The predicted molar refractivity (Wildman–Crippen MR) is 254 cm³/mol. The average Bonchev–Trinajstić information content (AvgIpc) is 3.53. The molecule has 8 rings (SSSR count). The van der Waals surface area contributed by atoms with E-state index in [0.717, 1.165) is 40.0 Å². The van der Waals surface area contributed by atoms with Gasteiger partial charge in [0.1, 0.15) is 29.7 Å². The van der Waals surface area contributed by atoms with Crippen molar-refractivity contribution in [2.45, 2.75) is 63.3 Å². The molecule has 0 bridgehead atoms. The summed E-state index contributed by atoms with van der Waals surface area (Å²) in [5, 5.41) is 9.46. The Bertz CT molecular complexity index is 2570. The number of benzene rings is 6. The smallest absolute Gasteiger partial charge is 0.333 e. The van der Waals surface area contributed by atoms with Crippen molar-refractivity contribution >= 4 is 29.5 Å². The number of fused-ring (bicyclic) bond motifs is 1. The van der Waals surface area contributed by atoms with Gasteiger partial charge in [0.2, 0.25) is 11.8 Å². The minimum Gasteiger partial charge on any atom is -0.497 e. The van der Waals surface area contributed by atoms with Gasteiger partial charge >= 0.3 is 11.9 Å². The van der Waals surface area contributed by atoms with Crippen LogP contribution in [-0.4, -0.2) is 76.8 Å². The highest BCUT2D eigenvalue weighted by molar-refractivity contribution is 6.02. The maximum atomic E-state index is 13.7. The quantitative estimate of drug-likeness (QED) is 0.0592. The Morgan fingerprint density at radius 2 is 1.13 bits per heavy atom. The summed E-state index contributed by atoms with van der Waals surface area (Å²) in [5.41, 5.74) is 5.03. The van der Waals surface area contributed by atoms with Gasteiger partial charge in [-0.1, -0.05) is 146 Å². The molecule has 0 aliphatic carbocycles. The first-order valence-electron chi connectivity index (χ1n) is 22.5. The van der Waals surface area contributed by atoms with Crippen LogP contribution in [0.1, 0.15) is 46.2 Å². The maximum Gasteiger partial charge on any atom is 0.333 e. The fourth-order valence-electron chi connectivity index (χ4n) is 9.00. The van der Waals surface area contributed by atoms with Gasteiger partial charge in [-0.25, -0.2) is 4.79 Å². The highest BCUT2D eigenvalue weighted by atomic mass is 16.6. The van der Waals surface area contributed by atoms with E-state index in [0.29, 0.717) is 31.6 Å². The summed E-state index contributed by atoms with van der Waals surface area (Å²) in [6.07, 6.45) is 2.88. The number of ether oxygens (including phenoxy) is 3. The number of carboxylic acids is 1. The zero-order valence-corrected chi connectivity index (χ0v) is 37.9. The maximum absolute atomic E-state index is 13.7. The first-order valence-corrected chi connectivity index (χ1v) is 22.5. The molecule has 2 amide bonds. The van der Waals surface area contributed by atoms with Gasteiger partial charge < -0.3 is 29.1 Å². The Morgan fingerprint density at radius 1 is 0.642 bits per heavy atom. The lowest BCUT2D eigenvalue weighted by atomic mass is 9.74. The van der Waals surface area contributed by atoms with E-state index in [4.69, 9.17) is 14.2 Å². The second kappa shape index (κ2) is 22.6. The molecular formula is C56H56N2O9. The van der Waals surface area contributed by atoms with Crippen LogP contribution in [-0.2, 0) is 67.5 Å². The number of ketones is 1. The summed E-state index contributed by atoms with van der Waals surface area (Å²) in [7, 11) is 3.18. The first-order chi connectivity index (χ1) is 32.6. The Labute approximate surface area is 391 Å². The van der Waals surface area contributed by atoms with E-state index in [1.165, 1.54) is 10.5 Å². The van der Waals surface area contributed by atoms with E-state index in [2.05, 4.69) is 12.1 Å². The number of methoxy groups -OCH3 is 2. The Balaban J connectivity index is 0.000000199. The molecule has 2 unspecified atom stereocenters. The summed E-state index contributed by atoms with van der Waals surface area (Å²) in [5.74, 6) is -2.04. The lowest BCUT2D eigenvalue weighted by Crippen LogP contribution is -2.65. The van der Waals surface area contributed by atoms with Gasteiger partial charge in [0.05, 0.1) is 20.1 Å². The number of hydrogen-bond donors (Lipinski definition) is 1. The molecule has 0 radical (unpaired) electrons. The number of aliphatic carboxylic acids is 1. The van der Waals surface area contributed by atoms with Gasteiger partial charge in [-0.3, -0.25) is 19.2 Å². The fourth-order valence-corrected chi connectivity index (χ4v) is 9.00. The second-order valence-electron chi connectivity index (χ2n) is 17.0. The van der Waals surface area contributed by atoms with Gasteiger partial charge in [-0.2, -0.15) is 0 Å². The van der Waals surface area contributed by atoms with Crippen LogP contribution in [0.15, 0.2) is 170 Å². The molecule has 1 N–H and O–H groups in total. The van der Waals surface area contributed by atoms with E-state index >= 15 is 0 Å². The second-order valence-corrected chi connectivity index (χ2v) is 17.0. The number of likely N-dealkylation sites (tertiary alicyclic amines) is 1. The van der Waals surface area contributed by atoms with Crippen LogP contribution in [0.3, 0.4) is 0 Å². The number of esters is 1. The largest absolute Gasteiger partial charge is 0.497 e.